The van der Waals surface area contributed by atoms with Crippen LogP contribution in [0.25, 0.3) is 0 Å². The quantitative estimate of drug-likeness (QED) is 0.829. The van der Waals surface area contributed by atoms with Gasteiger partial charge in [0.15, 0.2) is 5.76 Å². The third kappa shape index (κ3) is 3.12. The van der Waals surface area contributed by atoms with Crippen LogP contribution in [0, 0.1) is 5.92 Å². The van der Waals surface area contributed by atoms with Crippen molar-refractivity contribution < 1.29 is 14.0 Å². The van der Waals surface area contributed by atoms with Crippen molar-refractivity contribution in [3.8, 4) is 0 Å². The number of carbonyl (C=O) groups excluding carboxylic acids is 2. The van der Waals surface area contributed by atoms with Crippen LogP contribution in [0.1, 0.15) is 42.7 Å². The van der Waals surface area contributed by atoms with Gasteiger partial charge in [-0.2, -0.15) is 0 Å². The molecular formula is C13H18N2O3. The van der Waals surface area contributed by atoms with Crippen LogP contribution in [0.2, 0.25) is 0 Å². The second-order valence-corrected chi connectivity index (χ2v) is 4.79. The van der Waals surface area contributed by atoms with Gasteiger partial charge in [0.25, 0.3) is 5.91 Å². The van der Waals surface area contributed by atoms with Crippen molar-refractivity contribution in [3.63, 3.8) is 0 Å². The van der Waals surface area contributed by atoms with Crippen molar-refractivity contribution in [2.45, 2.75) is 38.1 Å². The number of rotatable bonds is 5. The van der Waals surface area contributed by atoms with Crippen LogP contribution in [-0.4, -0.2) is 17.9 Å². The minimum absolute atomic E-state index is 0.202. The third-order valence-electron chi connectivity index (χ3n) is 3.44. The molecule has 2 amide bonds. The fraction of sp³-hybridized carbons (Fsp3) is 0.538. The van der Waals surface area contributed by atoms with E-state index in [1.807, 2.05) is 0 Å². The van der Waals surface area contributed by atoms with Crippen LogP contribution in [0.5, 0.6) is 0 Å². The van der Waals surface area contributed by atoms with E-state index in [0.29, 0.717) is 12.3 Å². The highest BCUT2D eigenvalue weighted by Gasteiger charge is 2.25. The van der Waals surface area contributed by atoms with Crippen molar-refractivity contribution in [2.75, 3.05) is 0 Å². The molecule has 0 spiro atoms. The van der Waals surface area contributed by atoms with Crippen LogP contribution >= 0.6 is 0 Å². The van der Waals surface area contributed by atoms with Crippen molar-refractivity contribution in [1.29, 1.82) is 0 Å². The van der Waals surface area contributed by atoms with Gasteiger partial charge >= 0.3 is 0 Å². The molecule has 1 saturated carbocycles. The largest absolute Gasteiger partial charge is 0.459 e. The smallest absolute Gasteiger partial charge is 0.287 e. The highest BCUT2D eigenvalue weighted by atomic mass is 16.3. The van der Waals surface area contributed by atoms with Gasteiger partial charge in [0.1, 0.15) is 6.04 Å². The molecule has 98 valence electrons. The number of carbonyl (C=O) groups is 2. The van der Waals surface area contributed by atoms with E-state index < -0.39 is 11.9 Å². The molecule has 0 radical (unpaired) electrons. The molecular weight excluding hydrogens is 232 g/mol. The molecule has 0 unspecified atom stereocenters. The Morgan fingerprint density at radius 2 is 2.17 bits per heavy atom. The topological polar surface area (TPSA) is 85.3 Å². The maximum atomic E-state index is 11.8. The standard InChI is InChI=1S/C13H18N2O3/c14-12(16)10(8-9-4-1-2-5-9)15-13(17)11-6-3-7-18-11/h3,6-7,9-10H,1-2,4-5,8H2,(H2,14,16)(H,15,17)/t10-/m0/s1. The number of nitrogens with two attached hydrogens (primary N) is 1. The predicted octanol–water partition coefficient (Wildman–Crippen LogP) is 1.44. The molecule has 2 rings (SSSR count). The molecule has 1 heterocycles. The monoisotopic (exact) mass is 250 g/mol. The minimum atomic E-state index is -0.606. The van der Waals surface area contributed by atoms with Gasteiger partial charge in [0, 0.05) is 0 Å². The van der Waals surface area contributed by atoms with E-state index in [-0.39, 0.29) is 11.7 Å². The summed E-state index contributed by atoms with van der Waals surface area (Å²) in [5, 5.41) is 2.64. The number of primary amides is 1. The molecule has 1 aliphatic carbocycles. The van der Waals surface area contributed by atoms with E-state index in [1.54, 1.807) is 12.1 Å². The molecule has 3 N–H and O–H groups in total. The number of furan rings is 1. The molecule has 1 fully saturated rings. The Kier molecular flexibility index (Phi) is 4.02. The summed E-state index contributed by atoms with van der Waals surface area (Å²) in [5.41, 5.74) is 5.33. The zero-order valence-corrected chi connectivity index (χ0v) is 10.2. The maximum absolute atomic E-state index is 11.8. The average Bonchev–Trinajstić information content (AvgIpc) is 3.00. The average molecular weight is 250 g/mol. The van der Waals surface area contributed by atoms with Crippen LogP contribution in [0.3, 0.4) is 0 Å². The fourth-order valence-electron chi connectivity index (χ4n) is 2.46. The van der Waals surface area contributed by atoms with Crippen molar-refractivity contribution in [1.82, 2.24) is 5.32 Å². The number of hydrogen-bond donors (Lipinski definition) is 2. The fourth-order valence-corrected chi connectivity index (χ4v) is 2.46. The summed E-state index contributed by atoms with van der Waals surface area (Å²) < 4.78 is 4.98. The van der Waals surface area contributed by atoms with Crippen LogP contribution in [-0.2, 0) is 4.79 Å². The number of amides is 2. The number of hydrogen-bond acceptors (Lipinski definition) is 3. The summed E-state index contributed by atoms with van der Waals surface area (Å²) in [5.74, 6) is -0.185. The normalized spacial score (nSPS) is 17.6. The predicted molar refractivity (Wildman–Crippen MR) is 65.7 cm³/mol. The molecule has 1 aromatic rings. The second kappa shape index (κ2) is 5.71. The molecule has 1 aromatic heterocycles. The summed E-state index contributed by atoms with van der Waals surface area (Å²) in [7, 11) is 0. The number of nitrogens with one attached hydrogen (secondary N) is 1. The van der Waals surface area contributed by atoms with Gasteiger partial charge in [0.2, 0.25) is 5.91 Å². The first-order chi connectivity index (χ1) is 8.66. The first-order valence-corrected chi connectivity index (χ1v) is 6.30. The van der Waals surface area contributed by atoms with Gasteiger partial charge in [-0.25, -0.2) is 0 Å². The molecule has 18 heavy (non-hydrogen) atoms. The lowest BCUT2D eigenvalue weighted by molar-refractivity contribution is -0.120. The SMILES string of the molecule is NC(=O)[C@H](CC1CCCC1)NC(=O)c1ccco1. The van der Waals surface area contributed by atoms with Gasteiger partial charge in [-0.1, -0.05) is 25.7 Å². The van der Waals surface area contributed by atoms with Crippen LogP contribution in [0.4, 0.5) is 0 Å². The molecule has 0 bridgehead atoms. The summed E-state index contributed by atoms with van der Waals surface area (Å²) >= 11 is 0. The molecule has 1 aliphatic rings. The minimum Gasteiger partial charge on any atom is -0.459 e. The van der Waals surface area contributed by atoms with E-state index in [9.17, 15) is 9.59 Å². The van der Waals surface area contributed by atoms with Gasteiger partial charge in [-0.3, -0.25) is 9.59 Å². The van der Waals surface area contributed by atoms with Crippen LogP contribution in [0.15, 0.2) is 22.8 Å². The van der Waals surface area contributed by atoms with Crippen molar-refractivity contribution in [2.24, 2.45) is 11.7 Å². The van der Waals surface area contributed by atoms with Crippen molar-refractivity contribution >= 4 is 11.8 Å². The van der Waals surface area contributed by atoms with E-state index in [1.165, 1.54) is 19.1 Å². The zero-order valence-electron chi connectivity index (χ0n) is 10.2. The highest BCUT2D eigenvalue weighted by molar-refractivity contribution is 5.95. The molecule has 0 saturated heterocycles. The van der Waals surface area contributed by atoms with Crippen LogP contribution < -0.4 is 11.1 Å². The maximum Gasteiger partial charge on any atom is 0.287 e. The van der Waals surface area contributed by atoms with E-state index in [4.69, 9.17) is 10.2 Å². The first-order valence-electron chi connectivity index (χ1n) is 6.30. The zero-order chi connectivity index (χ0) is 13.0. The summed E-state index contributed by atoms with van der Waals surface area (Å²) in [6, 6.07) is 2.58. The Morgan fingerprint density at radius 3 is 2.72 bits per heavy atom. The Labute approximate surface area is 106 Å². The van der Waals surface area contributed by atoms with E-state index in [2.05, 4.69) is 5.32 Å². The summed E-state index contributed by atoms with van der Waals surface area (Å²) in [6.07, 6.45) is 6.66. The van der Waals surface area contributed by atoms with Crippen molar-refractivity contribution in [3.05, 3.63) is 24.2 Å². The summed E-state index contributed by atoms with van der Waals surface area (Å²) in [6.45, 7) is 0. The second-order valence-electron chi connectivity index (χ2n) is 4.79. The third-order valence-corrected chi connectivity index (χ3v) is 3.44. The Morgan fingerprint density at radius 1 is 1.44 bits per heavy atom. The highest BCUT2D eigenvalue weighted by Crippen LogP contribution is 2.28. The Hall–Kier alpha value is -1.78. The molecule has 5 heteroatoms. The van der Waals surface area contributed by atoms with Gasteiger partial charge in [-0.15, -0.1) is 0 Å². The molecule has 5 nitrogen and oxygen atoms in total. The Bertz CT molecular complexity index is 408. The van der Waals surface area contributed by atoms with E-state index in [0.717, 1.165) is 12.8 Å². The van der Waals surface area contributed by atoms with Gasteiger partial charge in [0.05, 0.1) is 6.26 Å². The molecule has 1 atom stereocenters. The van der Waals surface area contributed by atoms with Gasteiger partial charge < -0.3 is 15.5 Å². The lowest BCUT2D eigenvalue weighted by atomic mass is 9.98. The van der Waals surface area contributed by atoms with Gasteiger partial charge in [-0.05, 0) is 24.5 Å². The Balaban J connectivity index is 1.93. The lowest BCUT2D eigenvalue weighted by Gasteiger charge is -2.18. The first kappa shape index (κ1) is 12.7. The molecule has 0 aromatic carbocycles. The molecule has 0 aliphatic heterocycles. The van der Waals surface area contributed by atoms with E-state index >= 15 is 0 Å². The summed E-state index contributed by atoms with van der Waals surface area (Å²) in [4.78, 5) is 23.2. The lowest BCUT2D eigenvalue weighted by Crippen LogP contribution is -2.45.